The standard InChI is InChI=1S/C21H39N3/c1-2-4-8-12-16-20(17-13-9-5-3-1)21-18-14-10-6-7-11-15-19-22-24-23-21/h16,22,24H,1-15,17-19H2/b20-16+,23-21+. The van der Waals surface area contributed by atoms with E-state index in [0.717, 1.165) is 13.0 Å². The SMILES string of the molecule is C1=C(/C2=N/NNCCCCCCCC2)CCCCCCCCCC/1. The third kappa shape index (κ3) is 8.86. The normalized spacial score (nSPS) is 28.3. The Labute approximate surface area is 149 Å². The van der Waals surface area contributed by atoms with Gasteiger partial charge in [0.15, 0.2) is 0 Å². The predicted octanol–water partition coefficient (Wildman–Crippen LogP) is 6.02. The average Bonchev–Trinajstić information content (AvgIpc) is 2.56. The van der Waals surface area contributed by atoms with E-state index in [1.165, 1.54) is 114 Å². The first-order valence-corrected chi connectivity index (χ1v) is 10.7. The van der Waals surface area contributed by atoms with Gasteiger partial charge in [-0.25, -0.2) is 11.0 Å². The molecule has 0 radical (unpaired) electrons. The van der Waals surface area contributed by atoms with Gasteiger partial charge in [0.05, 0.1) is 5.71 Å². The van der Waals surface area contributed by atoms with E-state index in [9.17, 15) is 0 Å². The van der Waals surface area contributed by atoms with Crippen LogP contribution in [0, 0.1) is 0 Å². The Bertz CT molecular complexity index is 337. The molecule has 0 aromatic carbocycles. The van der Waals surface area contributed by atoms with Crippen LogP contribution in [0.5, 0.6) is 0 Å². The smallest absolute Gasteiger partial charge is 0.0647 e. The summed E-state index contributed by atoms with van der Waals surface area (Å²) in [6.45, 7) is 1.02. The number of hydrazine groups is 1. The first kappa shape index (κ1) is 19.5. The maximum atomic E-state index is 4.74. The maximum absolute atomic E-state index is 4.74. The molecule has 24 heavy (non-hydrogen) atoms. The Morgan fingerprint density at radius 3 is 1.96 bits per heavy atom. The largest absolute Gasteiger partial charge is 0.243 e. The molecule has 0 aromatic rings. The van der Waals surface area contributed by atoms with Crippen LogP contribution in [-0.2, 0) is 0 Å². The summed E-state index contributed by atoms with van der Waals surface area (Å²) >= 11 is 0. The van der Waals surface area contributed by atoms with Crippen molar-refractivity contribution in [2.45, 2.75) is 109 Å². The number of hydrazone groups is 1. The minimum absolute atomic E-state index is 1.02. The zero-order valence-electron chi connectivity index (χ0n) is 15.8. The summed E-state index contributed by atoms with van der Waals surface area (Å²) in [5.41, 5.74) is 9.26. The van der Waals surface area contributed by atoms with Crippen molar-refractivity contribution in [2.75, 3.05) is 6.54 Å². The Balaban J connectivity index is 1.96. The van der Waals surface area contributed by atoms with E-state index in [0.29, 0.717) is 0 Å². The van der Waals surface area contributed by atoms with Gasteiger partial charge in [0.25, 0.3) is 0 Å². The van der Waals surface area contributed by atoms with E-state index < -0.39 is 0 Å². The van der Waals surface area contributed by atoms with Gasteiger partial charge in [0.2, 0.25) is 0 Å². The second-order valence-corrected chi connectivity index (χ2v) is 7.56. The summed E-state index contributed by atoms with van der Waals surface area (Å²) in [4.78, 5) is 0. The Kier molecular flexibility index (Phi) is 10.9. The second-order valence-electron chi connectivity index (χ2n) is 7.56. The fourth-order valence-corrected chi connectivity index (χ4v) is 3.83. The lowest BCUT2D eigenvalue weighted by atomic mass is 9.95. The van der Waals surface area contributed by atoms with E-state index in [1.54, 1.807) is 0 Å². The van der Waals surface area contributed by atoms with Crippen molar-refractivity contribution in [2.24, 2.45) is 5.10 Å². The highest BCUT2D eigenvalue weighted by Crippen LogP contribution is 2.20. The lowest BCUT2D eigenvalue weighted by Gasteiger charge is -2.15. The molecule has 3 heteroatoms. The van der Waals surface area contributed by atoms with Crippen molar-refractivity contribution in [3.63, 3.8) is 0 Å². The molecule has 1 heterocycles. The van der Waals surface area contributed by atoms with Crippen LogP contribution in [0.1, 0.15) is 109 Å². The zero-order chi connectivity index (χ0) is 16.7. The highest BCUT2D eigenvalue weighted by atomic mass is 15.6. The van der Waals surface area contributed by atoms with Crippen molar-refractivity contribution < 1.29 is 0 Å². The molecule has 0 saturated heterocycles. The number of hydrogen-bond acceptors (Lipinski definition) is 3. The van der Waals surface area contributed by atoms with Crippen LogP contribution in [0.15, 0.2) is 16.8 Å². The fraction of sp³-hybridized carbons (Fsp3) is 0.857. The Hall–Kier alpha value is -0.830. The third-order valence-corrected chi connectivity index (χ3v) is 5.40. The van der Waals surface area contributed by atoms with Gasteiger partial charge in [0.1, 0.15) is 0 Å². The van der Waals surface area contributed by atoms with Crippen molar-refractivity contribution in [1.82, 2.24) is 11.0 Å². The first-order chi connectivity index (χ1) is 12.0. The van der Waals surface area contributed by atoms with Crippen molar-refractivity contribution in [3.05, 3.63) is 11.6 Å². The minimum atomic E-state index is 1.02. The monoisotopic (exact) mass is 333 g/mol. The number of rotatable bonds is 1. The lowest BCUT2D eigenvalue weighted by Crippen LogP contribution is -2.29. The molecule has 2 N–H and O–H groups in total. The van der Waals surface area contributed by atoms with Crippen LogP contribution in [0.25, 0.3) is 0 Å². The van der Waals surface area contributed by atoms with E-state index in [4.69, 9.17) is 5.10 Å². The number of allylic oxidation sites excluding steroid dienone is 2. The van der Waals surface area contributed by atoms with Crippen LogP contribution in [-0.4, -0.2) is 12.3 Å². The highest BCUT2D eigenvalue weighted by Gasteiger charge is 2.09. The summed E-state index contributed by atoms with van der Waals surface area (Å²) in [5, 5.41) is 4.74. The molecule has 0 aromatic heterocycles. The maximum Gasteiger partial charge on any atom is 0.0647 e. The molecule has 0 spiro atoms. The van der Waals surface area contributed by atoms with Gasteiger partial charge in [-0.05, 0) is 50.5 Å². The van der Waals surface area contributed by atoms with Crippen LogP contribution in [0.2, 0.25) is 0 Å². The van der Waals surface area contributed by atoms with E-state index in [1.807, 2.05) is 0 Å². The minimum Gasteiger partial charge on any atom is -0.243 e. The summed E-state index contributed by atoms with van der Waals surface area (Å²) in [7, 11) is 0. The average molecular weight is 334 g/mol. The van der Waals surface area contributed by atoms with Crippen molar-refractivity contribution in [1.29, 1.82) is 0 Å². The molecule has 3 nitrogen and oxygen atoms in total. The molecule has 1 aliphatic carbocycles. The van der Waals surface area contributed by atoms with Crippen LogP contribution < -0.4 is 11.0 Å². The van der Waals surface area contributed by atoms with E-state index in [2.05, 4.69) is 17.0 Å². The van der Waals surface area contributed by atoms with Gasteiger partial charge < -0.3 is 0 Å². The molecule has 0 saturated carbocycles. The van der Waals surface area contributed by atoms with E-state index >= 15 is 0 Å². The molecular formula is C21H39N3. The molecule has 2 aliphatic rings. The van der Waals surface area contributed by atoms with Gasteiger partial charge >= 0.3 is 0 Å². The predicted molar refractivity (Wildman–Crippen MR) is 105 cm³/mol. The third-order valence-electron chi connectivity index (χ3n) is 5.40. The summed E-state index contributed by atoms with van der Waals surface area (Å²) in [5.74, 6) is 0. The Morgan fingerprint density at radius 2 is 1.21 bits per heavy atom. The molecule has 0 atom stereocenters. The quantitative estimate of drug-likeness (QED) is 0.615. The molecule has 138 valence electrons. The molecule has 2 rings (SSSR count). The summed E-state index contributed by atoms with van der Waals surface area (Å²) in [6, 6.07) is 0. The van der Waals surface area contributed by atoms with Gasteiger partial charge in [0, 0.05) is 6.54 Å². The van der Waals surface area contributed by atoms with Crippen molar-refractivity contribution >= 4 is 5.71 Å². The molecule has 1 aliphatic heterocycles. The summed E-state index contributed by atoms with van der Waals surface area (Å²) in [6.07, 6.45) is 25.3. The number of hydrogen-bond donors (Lipinski definition) is 2. The number of nitrogens with one attached hydrogen (secondary N) is 2. The van der Waals surface area contributed by atoms with Crippen LogP contribution >= 0.6 is 0 Å². The fourth-order valence-electron chi connectivity index (χ4n) is 3.83. The number of nitrogens with zero attached hydrogens (tertiary/aromatic N) is 1. The first-order valence-electron chi connectivity index (χ1n) is 10.7. The van der Waals surface area contributed by atoms with Crippen LogP contribution in [0.4, 0.5) is 0 Å². The molecule has 0 amide bonds. The summed E-state index contributed by atoms with van der Waals surface area (Å²) < 4.78 is 0. The van der Waals surface area contributed by atoms with Gasteiger partial charge in [-0.3, -0.25) is 0 Å². The molecule has 0 fully saturated rings. The highest BCUT2D eigenvalue weighted by molar-refractivity contribution is 5.99. The van der Waals surface area contributed by atoms with Gasteiger partial charge in [-0.1, -0.05) is 70.3 Å². The molecule has 0 bridgehead atoms. The van der Waals surface area contributed by atoms with Gasteiger partial charge in [-0.15, -0.1) is 0 Å². The van der Waals surface area contributed by atoms with Crippen LogP contribution in [0.3, 0.4) is 0 Å². The molecule has 0 unspecified atom stereocenters. The van der Waals surface area contributed by atoms with Crippen molar-refractivity contribution in [3.8, 4) is 0 Å². The second kappa shape index (κ2) is 13.5. The lowest BCUT2D eigenvalue weighted by molar-refractivity contribution is 0.506. The molecular weight excluding hydrogens is 294 g/mol. The Morgan fingerprint density at radius 1 is 0.625 bits per heavy atom. The van der Waals surface area contributed by atoms with E-state index in [-0.39, 0.29) is 0 Å². The topological polar surface area (TPSA) is 36.4 Å². The zero-order valence-corrected chi connectivity index (χ0v) is 15.8. The van der Waals surface area contributed by atoms with Gasteiger partial charge in [-0.2, -0.15) is 5.10 Å².